The Morgan fingerprint density at radius 2 is 1.65 bits per heavy atom. The van der Waals surface area contributed by atoms with Crippen LogP contribution in [0.15, 0.2) is 77.9 Å². The van der Waals surface area contributed by atoms with Crippen molar-refractivity contribution in [1.29, 1.82) is 0 Å². The minimum absolute atomic E-state index is 0.0600. The highest BCUT2D eigenvalue weighted by molar-refractivity contribution is 7.92. The van der Waals surface area contributed by atoms with E-state index in [-0.39, 0.29) is 17.7 Å². The van der Waals surface area contributed by atoms with E-state index in [0.717, 1.165) is 18.5 Å². The summed E-state index contributed by atoms with van der Waals surface area (Å²) in [6.45, 7) is 0.0600. The van der Waals surface area contributed by atoms with Gasteiger partial charge in [0.15, 0.2) is 0 Å². The Balaban J connectivity index is 1.73. The molecule has 178 valence electrons. The number of benzene rings is 3. The fourth-order valence-corrected chi connectivity index (χ4v) is 4.04. The fourth-order valence-electron chi connectivity index (χ4n) is 3.03. The minimum atomic E-state index is -4.56. The van der Waals surface area contributed by atoms with E-state index in [0.29, 0.717) is 16.3 Å². The molecule has 3 rings (SSSR count). The maximum Gasteiger partial charge on any atom is 0.417 e. The maximum atomic E-state index is 13.0. The summed E-state index contributed by atoms with van der Waals surface area (Å²) >= 11 is 5.87. The van der Waals surface area contributed by atoms with Gasteiger partial charge in [-0.25, -0.2) is 13.8 Å². The van der Waals surface area contributed by atoms with Gasteiger partial charge in [-0.05, 0) is 48.0 Å². The molecule has 0 saturated carbocycles. The Morgan fingerprint density at radius 1 is 1.03 bits per heavy atom. The largest absolute Gasteiger partial charge is 0.417 e. The van der Waals surface area contributed by atoms with Crippen LogP contribution in [0.5, 0.6) is 0 Å². The molecule has 1 N–H and O–H groups in total. The third-order valence-corrected chi connectivity index (χ3v) is 6.09. The number of anilines is 1. The zero-order valence-electron chi connectivity index (χ0n) is 17.8. The lowest BCUT2D eigenvalue weighted by Crippen LogP contribution is -2.29. The minimum Gasteiger partial charge on any atom is -0.267 e. The first-order valence-corrected chi connectivity index (χ1v) is 12.0. The summed E-state index contributed by atoms with van der Waals surface area (Å²) in [5.74, 6) is -0.670. The summed E-state index contributed by atoms with van der Waals surface area (Å²) in [5, 5.41) is 4.13. The summed E-state index contributed by atoms with van der Waals surface area (Å²) in [6, 6.07) is 17.2. The monoisotopic (exact) mass is 509 g/mol. The molecule has 0 aromatic heterocycles. The highest BCUT2D eigenvalue weighted by atomic mass is 35.5. The molecule has 0 spiro atoms. The number of nitrogens with zero attached hydrogens (tertiary/aromatic N) is 2. The third-order valence-electron chi connectivity index (χ3n) is 4.69. The van der Waals surface area contributed by atoms with Crippen molar-refractivity contribution in [3.8, 4) is 0 Å². The number of nitrogens with one attached hydrogen (secondary N) is 1. The van der Waals surface area contributed by atoms with Gasteiger partial charge in [0.05, 0.1) is 30.3 Å². The third kappa shape index (κ3) is 6.58. The van der Waals surface area contributed by atoms with Crippen LogP contribution in [0.2, 0.25) is 5.02 Å². The average Bonchev–Trinajstić information content (AvgIpc) is 2.77. The number of hydrogen-bond donors (Lipinski definition) is 1. The number of carbonyl (C=O) groups is 1. The predicted octanol–water partition coefficient (Wildman–Crippen LogP) is 5.09. The van der Waals surface area contributed by atoms with Crippen LogP contribution < -0.4 is 9.73 Å². The predicted molar refractivity (Wildman–Crippen MR) is 125 cm³/mol. The molecule has 0 heterocycles. The maximum absolute atomic E-state index is 13.0. The van der Waals surface area contributed by atoms with Gasteiger partial charge in [-0.2, -0.15) is 18.3 Å². The van der Waals surface area contributed by atoms with E-state index in [1.54, 1.807) is 24.3 Å². The second-order valence-corrected chi connectivity index (χ2v) is 9.57. The summed E-state index contributed by atoms with van der Waals surface area (Å²) in [5.41, 5.74) is 2.28. The number of hydrogen-bond acceptors (Lipinski definition) is 4. The number of carbonyl (C=O) groups excluding carboxylic acids is 1. The highest BCUT2D eigenvalue weighted by Crippen LogP contribution is 2.31. The van der Waals surface area contributed by atoms with Gasteiger partial charge in [0.25, 0.3) is 5.91 Å². The van der Waals surface area contributed by atoms with Crippen molar-refractivity contribution in [3.05, 3.63) is 100 Å². The highest BCUT2D eigenvalue weighted by Gasteiger charge is 2.32. The lowest BCUT2D eigenvalue weighted by atomic mass is 10.1. The van der Waals surface area contributed by atoms with Gasteiger partial charge in [-0.1, -0.05) is 41.9 Å². The van der Waals surface area contributed by atoms with E-state index in [2.05, 4.69) is 10.5 Å². The zero-order chi connectivity index (χ0) is 24.9. The molecule has 0 fully saturated rings. The first-order chi connectivity index (χ1) is 15.9. The van der Waals surface area contributed by atoms with Gasteiger partial charge in [0.1, 0.15) is 0 Å². The molecular weight excluding hydrogens is 491 g/mol. The Kier molecular flexibility index (Phi) is 7.63. The Hall–Kier alpha value is -3.37. The van der Waals surface area contributed by atoms with Crippen molar-refractivity contribution in [2.45, 2.75) is 12.7 Å². The average molecular weight is 510 g/mol. The van der Waals surface area contributed by atoms with Gasteiger partial charge < -0.3 is 0 Å². The number of rotatable bonds is 7. The van der Waals surface area contributed by atoms with Crippen molar-refractivity contribution in [1.82, 2.24) is 5.43 Å². The molecule has 0 aliphatic heterocycles. The Labute approximate surface area is 199 Å². The first-order valence-electron chi connectivity index (χ1n) is 9.77. The number of amides is 1. The molecule has 0 aliphatic carbocycles. The van der Waals surface area contributed by atoms with E-state index in [9.17, 15) is 26.4 Å². The Bertz CT molecular complexity index is 1290. The molecule has 0 radical (unpaired) electrons. The van der Waals surface area contributed by atoms with Gasteiger partial charge in [-0.15, -0.1) is 0 Å². The van der Waals surface area contributed by atoms with Crippen molar-refractivity contribution in [2.24, 2.45) is 5.10 Å². The smallest absolute Gasteiger partial charge is 0.267 e. The molecule has 34 heavy (non-hydrogen) atoms. The van der Waals surface area contributed by atoms with Crippen LogP contribution in [0.25, 0.3) is 0 Å². The molecule has 0 bridgehead atoms. The Morgan fingerprint density at radius 3 is 2.24 bits per heavy atom. The van der Waals surface area contributed by atoms with Gasteiger partial charge in [0, 0.05) is 16.1 Å². The normalized spacial score (nSPS) is 12.0. The number of hydrazone groups is 1. The van der Waals surface area contributed by atoms with Crippen LogP contribution >= 0.6 is 11.6 Å². The standard InChI is InChI=1S/C23H19ClF3N3O3S/c1-34(32,33)30(15-16-6-10-19(24)11-7-16)20-12-8-17(9-13-20)22(31)29-28-14-18-4-2-3-5-21(18)23(25,26)27/h2-14H,15H2,1H3,(H,29,31). The number of halogens is 4. The second kappa shape index (κ2) is 10.3. The topological polar surface area (TPSA) is 78.8 Å². The van der Waals surface area contributed by atoms with E-state index >= 15 is 0 Å². The van der Waals surface area contributed by atoms with Gasteiger partial charge in [-0.3, -0.25) is 9.10 Å². The molecule has 6 nitrogen and oxygen atoms in total. The lowest BCUT2D eigenvalue weighted by Gasteiger charge is -2.22. The van der Waals surface area contributed by atoms with Crippen LogP contribution in [0.1, 0.15) is 27.0 Å². The number of alkyl halides is 3. The summed E-state index contributed by atoms with van der Waals surface area (Å²) in [7, 11) is -3.64. The van der Waals surface area contributed by atoms with Crippen molar-refractivity contribution in [3.63, 3.8) is 0 Å². The quantitative estimate of drug-likeness (QED) is 0.356. The van der Waals surface area contributed by atoms with Crippen LogP contribution in [-0.4, -0.2) is 26.8 Å². The molecule has 3 aromatic rings. The van der Waals surface area contributed by atoms with Gasteiger partial charge in [0.2, 0.25) is 10.0 Å². The molecule has 0 unspecified atom stereocenters. The van der Waals surface area contributed by atoms with E-state index in [1.165, 1.54) is 46.8 Å². The van der Waals surface area contributed by atoms with Crippen LogP contribution in [0.3, 0.4) is 0 Å². The molecule has 0 saturated heterocycles. The van der Waals surface area contributed by atoms with Crippen molar-refractivity contribution >= 4 is 39.4 Å². The number of sulfonamides is 1. The summed E-state index contributed by atoms with van der Waals surface area (Å²) < 4.78 is 64.9. The molecule has 11 heteroatoms. The lowest BCUT2D eigenvalue weighted by molar-refractivity contribution is -0.137. The second-order valence-electron chi connectivity index (χ2n) is 7.23. The van der Waals surface area contributed by atoms with Crippen molar-refractivity contribution in [2.75, 3.05) is 10.6 Å². The van der Waals surface area contributed by atoms with Crippen LogP contribution in [-0.2, 0) is 22.7 Å². The first kappa shape index (κ1) is 25.3. The van der Waals surface area contributed by atoms with E-state index in [1.807, 2.05) is 0 Å². The fraction of sp³-hybridized carbons (Fsp3) is 0.130. The molecule has 0 aliphatic rings. The zero-order valence-corrected chi connectivity index (χ0v) is 19.3. The summed E-state index contributed by atoms with van der Waals surface area (Å²) in [6.07, 6.45) is -2.58. The van der Waals surface area contributed by atoms with E-state index in [4.69, 9.17) is 11.6 Å². The van der Waals surface area contributed by atoms with Gasteiger partial charge >= 0.3 is 6.18 Å². The van der Waals surface area contributed by atoms with Crippen molar-refractivity contribution < 1.29 is 26.4 Å². The molecular formula is C23H19ClF3N3O3S. The summed E-state index contributed by atoms with van der Waals surface area (Å²) in [4.78, 5) is 12.3. The van der Waals surface area contributed by atoms with E-state index < -0.39 is 27.7 Å². The molecule has 1 amide bonds. The van der Waals surface area contributed by atoms with Crippen LogP contribution in [0, 0.1) is 0 Å². The SMILES string of the molecule is CS(=O)(=O)N(Cc1ccc(Cl)cc1)c1ccc(C(=O)NN=Cc2ccccc2C(F)(F)F)cc1. The molecule has 3 aromatic carbocycles. The van der Waals surface area contributed by atoms with Crippen LogP contribution in [0.4, 0.5) is 18.9 Å². The molecule has 0 atom stereocenters.